The number of benzene rings is 3. The van der Waals surface area contributed by atoms with Crippen LogP contribution in [0.5, 0.6) is 11.5 Å². The van der Waals surface area contributed by atoms with Crippen LogP contribution in [0.3, 0.4) is 0 Å². The Morgan fingerprint density at radius 2 is 1.40 bits per heavy atom. The van der Waals surface area contributed by atoms with Gasteiger partial charge in [0.1, 0.15) is 23.2 Å². The van der Waals surface area contributed by atoms with E-state index in [2.05, 4.69) is 17.1 Å². The number of nitrogens with zero attached hydrogens (tertiary/aromatic N) is 1. The van der Waals surface area contributed by atoms with E-state index >= 15 is 0 Å². The number of ether oxygens (including phenoxy) is 5. The monoisotopic (exact) mass is 570 g/mol. The molecular weight excluding hydrogens is 536 g/mol. The Kier molecular flexibility index (Phi) is 7.72. The van der Waals surface area contributed by atoms with Crippen molar-refractivity contribution in [3.05, 3.63) is 129 Å². The number of methoxy groups -OCH3 is 3. The summed E-state index contributed by atoms with van der Waals surface area (Å²) in [4.78, 5) is 26.8. The summed E-state index contributed by atoms with van der Waals surface area (Å²) in [6.07, 6.45) is 1.01. The molecule has 9 nitrogen and oxygen atoms in total. The number of nitrogens with one attached hydrogen (secondary N) is 1. The van der Waals surface area contributed by atoms with Gasteiger partial charge in [-0.25, -0.2) is 4.79 Å². The van der Waals surface area contributed by atoms with Crippen LogP contribution in [-0.2, 0) is 19.8 Å². The number of hydrogen-bond donors (Lipinski definition) is 1. The minimum absolute atomic E-state index is 0.203. The third-order valence-corrected chi connectivity index (χ3v) is 8.42. The Morgan fingerprint density at radius 1 is 0.810 bits per heavy atom. The Hall–Kier alpha value is -4.18. The first-order chi connectivity index (χ1) is 20.5. The predicted molar refractivity (Wildman–Crippen MR) is 156 cm³/mol. The van der Waals surface area contributed by atoms with E-state index in [1.165, 1.54) is 16.8 Å². The lowest BCUT2D eigenvalue weighted by atomic mass is 9.80. The van der Waals surface area contributed by atoms with Crippen molar-refractivity contribution < 1.29 is 23.7 Å². The van der Waals surface area contributed by atoms with Crippen molar-refractivity contribution in [2.75, 3.05) is 27.9 Å². The maximum Gasteiger partial charge on any atom is 0.330 e. The third kappa shape index (κ3) is 5.04. The van der Waals surface area contributed by atoms with Crippen LogP contribution < -0.4 is 20.7 Å². The van der Waals surface area contributed by atoms with Gasteiger partial charge in [-0.2, -0.15) is 0 Å². The standard InChI is InChI=1S/C33H34N2O7/c1-38-24-13-9-22(10-14-24)33(21-7-5-4-6-8-21,23-11-15-25(39-2)16-12-23)41-20-28-26-19-27(26)30(40-3)31(42-28)35-18-17-29(36)34-32(35)37/h4-18,26-28,30-31H,19-20H2,1-3H3,(H,34,36,37)/t26?,27?,28-,30?,31-/m1/s1. The zero-order valence-electron chi connectivity index (χ0n) is 23.8. The smallest absolute Gasteiger partial charge is 0.330 e. The highest BCUT2D eigenvalue weighted by molar-refractivity contribution is 5.49. The highest BCUT2D eigenvalue weighted by Gasteiger charge is 2.57. The molecule has 5 atom stereocenters. The molecule has 42 heavy (non-hydrogen) atoms. The van der Waals surface area contributed by atoms with Gasteiger partial charge in [-0.15, -0.1) is 0 Å². The van der Waals surface area contributed by atoms with Gasteiger partial charge in [0.15, 0.2) is 6.23 Å². The summed E-state index contributed by atoms with van der Waals surface area (Å²) in [7, 11) is 4.91. The van der Waals surface area contributed by atoms with Crippen LogP contribution in [0.15, 0.2) is 101 Å². The summed E-state index contributed by atoms with van der Waals surface area (Å²) >= 11 is 0. The van der Waals surface area contributed by atoms with E-state index in [0.717, 1.165) is 34.6 Å². The fourth-order valence-electron chi connectivity index (χ4n) is 6.20. The number of fused-ring (bicyclic) bond motifs is 1. The summed E-state index contributed by atoms with van der Waals surface area (Å²) in [6.45, 7) is 0.249. The SMILES string of the molecule is COc1ccc(C(OC[C@H]2O[C@@H](n3ccc(=O)[nH]c3=O)C(OC)C3CC32)(c2ccccc2)c2ccc(OC)cc2)cc1. The van der Waals surface area contributed by atoms with Crippen molar-refractivity contribution in [3.63, 3.8) is 0 Å². The quantitative estimate of drug-likeness (QED) is 0.287. The van der Waals surface area contributed by atoms with Gasteiger partial charge in [-0.05, 0) is 59.2 Å². The van der Waals surface area contributed by atoms with Crippen molar-refractivity contribution in [2.45, 2.75) is 30.5 Å². The van der Waals surface area contributed by atoms with Crippen molar-refractivity contribution >= 4 is 0 Å². The minimum atomic E-state index is -0.990. The molecule has 0 spiro atoms. The molecule has 4 aromatic rings. The van der Waals surface area contributed by atoms with E-state index in [0.29, 0.717) is 0 Å². The van der Waals surface area contributed by atoms with E-state index in [1.807, 2.05) is 66.7 Å². The average Bonchev–Trinajstić information content (AvgIpc) is 3.83. The van der Waals surface area contributed by atoms with Gasteiger partial charge in [0.05, 0.1) is 26.9 Å². The zero-order valence-corrected chi connectivity index (χ0v) is 23.8. The fraction of sp³-hybridized carbons (Fsp3) is 0.333. The largest absolute Gasteiger partial charge is 0.497 e. The van der Waals surface area contributed by atoms with Gasteiger partial charge < -0.3 is 23.7 Å². The minimum Gasteiger partial charge on any atom is -0.497 e. The van der Waals surface area contributed by atoms with Crippen LogP contribution in [0.1, 0.15) is 29.3 Å². The molecule has 2 heterocycles. The van der Waals surface area contributed by atoms with Gasteiger partial charge in [0, 0.05) is 19.4 Å². The first-order valence-electron chi connectivity index (χ1n) is 14.0. The normalized spacial score (nSPS) is 23.2. The third-order valence-electron chi connectivity index (χ3n) is 8.42. The van der Waals surface area contributed by atoms with Gasteiger partial charge in [-0.1, -0.05) is 54.6 Å². The molecular formula is C33H34N2O7. The molecule has 1 N–H and O–H groups in total. The summed E-state index contributed by atoms with van der Waals surface area (Å²) in [6, 6.07) is 27.2. The lowest BCUT2D eigenvalue weighted by Crippen LogP contribution is -2.46. The first-order valence-corrected chi connectivity index (χ1v) is 14.0. The molecule has 1 aliphatic heterocycles. The van der Waals surface area contributed by atoms with Crippen molar-refractivity contribution in [3.8, 4) is 11.5 Å². The lowest BCUT2D eigenvalue weighted by molar-refractivity contribution is -0.192. The van der Waals surface area contributed by atoms with Crippen molar-refractivity contribution in [1.29, 1.82) is 0 Å². The van der Waals surface area contributed by atoms with Crippen LogP contribution in [0.4, 0.5) is 0 Å². The zero-order chi connectivity index (χ0) is 29.3. The molecule has 6 rings (SSSR count). The Bertz CT molecular complexity index is 1570. The second-order valence-corrected chi connectivity index (χ2v) is 10.7. The molecule has 218 valence electrons. The topological polar surface area (TPSA) is 101 Å². The molecule has 3 unspecified atom stereocenters. The number of rotatable bonds is 10. The average molecular weight is 571 g/mol. The molecule has 2 aliphatic rings. The van der Waals surface area contributed by atoms with Gasteiger partial charge in [-0.3, -0.25) is 14.3 Å². The molecule has 0 radical (unpaired) electrons. The molecule has 1 saturated heterocycles. The number of aromatic nitrogens is 2. The Balaban J connectivity index is 1.40. The van der Waals surface area contributed by atoms with E-state index in [-0.39, 0.29) is 30.7 Å². The van der Waals surface area contributed by atoms with Crippen LogP contribution in [-0.4, -0.2) is 49.7 Å². The molecule has 2 fully saturated rings. The second kappa shape index (κ2) is 11.6. The molecule has 1 aromatic heterocycles. The summed E-state index contributed by atoms with van der Waals surface area (Å²) in [5, 5.41) is 0. The molecule has 0 amide bonds. The van der Waals surface area contributed by atoms with Crippen molar-refractivity contribution in [2.24, 2.45) is 11.8 Å². The van der Waals surface area contributed by atoms with E-state index in [4.69, 9.17) is 23.7 Å². The number of H-pyrrole nitrogens is 1. The van der Waals surface area contributed by atoms with Crippen LogP contribution in [0.2, 0.25) is 0 Å². The Labute approximate surface area is 243 Å². The Morgan fingerprint density at radius 3 is 1.95 bits per heavy atom. The first kappa shape index (κ1) is 28.0. The van der Waals surface area contributed by atoms with Gasteiger partial charge in [0.2, 0.25) is 0 Å². The van der Waals surface area contributed by atoms with Crippen LogP contribution in [0, 0.1) is 11.8 Å². The lowest BCUT2D eigenvalue weighted by Gasteiger charge is -2.40. The summed E-state index contributed by atoms with van der Waals surface area (Å²) < 4.78 is 31.8. The summed E-state index contributed by atoms with van der Waals surface area (Å²) in [5.41, 5.74) is 0.805. The highest BCUT2D eigenvalue weighted by atomic mass is 16.6. The molecule has 1 saturated carbocycles. The predicted octanol–water partition coefficient (Wildman–Crippen LogP) is 4.11. The van der Waals surface area contributed by atoms with Crippen molar-refractivity contribution in [1.82, 2.24) is 9.55 Å². The molecule has 9 heteroatoms. The molecule has 1 aliphatic carbocycles. The van der Waals surface area contributed by atoms with Gasteiger partial charge in [0.25, 0.3) is 5.56 Å². The number of aromatic amines is 1. The fourth-order valence-corrected chi connectivity index (χ4v) is 6.20. The van der Waals surface area contributed by atoms with E-state index in [1.54, 1.807) is 21.3 Å². The molecule has 0 bridgehead atoms. The van der Waals surface area contributed by atoms with E-state index < -0.39 is 23.1 Å². The van der Waals surface area contributed by atoms with Crippen LogP contribution in [0.25, 0.3) is 0 Å². The number of hydrogen-bond acceptors (Lipinski definition) is 7. The maximum atomic E-state index is 12.7. The molecule has 3 aromatic carbocycles. The highest BCUT2D eigenvalue weighted by Crippen LogP contribution is 2.54. The second-order valence-electron chi connectivity index (χ2n) is 10.7. The van der Waals surface area contributed by atoms with Gasteiger partial charge >= 0.3 is 5.69 Å². The maximum absolute atomic E-state index is 12.7. The van der Waals surface area contributed by atoms with Crippen LogP contribution >= 0.6 is 0 Å². The van der Waals surface area contributed by atoms with E-state index in [9.17, 15) is 9.59 Å². The summed E-state index contributed by atoms with van der Waals surface area (Å²) in [5.74, 6) is 1.90.